The highest BCUT2D eigenvalue weighted by molar-refractivity contribution is 7.09. The highest BCUT2D eigenvalue weighted by Gasteiger charge is 2.17. The Bertz CT molecular complexity index is 833. The zero-order valence-corrected chi connectivity index (χ0v) is 14.5. The van der Waals surface area contributed by atoms with Gasteiger partial charge in [0.05, 0.1) is 10.7 Å². The zero-order chi connectivity index (χ0) is 16.4. The normalized spacial score (nSPS) is 16.5. The Morgan fingerprint density at radius 3 is 2.83 bits per heavy atom. The number of hydrogen-bond donors (Lipinski definition) is 0. The summed E-state index contributed by atoms with van der Waals surface area (Å²) in [5.41, 5.74) is 2.75. The van der Waals surface area contributed by atoms with Crippen molar-refractivity contribution < 1.29 is 0 Å². The van der Waals surface area contributed by atoms with Gasteiger partial charge in [0.15, 0.2) is 5.65 Å². The van der Waals surface area contributed by atoms with E-state index in [0.29, 0.717) is 5.65 Å². The first-order valence-electron chi connectivity index (χ1n) is 8.24. The Morgan fingerprint density at radius 2 is 1.96 bits per heavy atom. The lowest BCUT2D eigenvalue weighted by Crippen LogP contribution is -2.31. The van der Waals surface area contributed by atoms with Crippen LogP contribution in [0.1, 0.15) is 17.1 Å². The second-order valence-corrected chi connectivity index (χ2v) is 7.11. The maximum atomic E-state index is 4.68. The predicted molar refractivity (Wildman–Crippen MR) is 96.3 cm³/mol. The zero-order valence-electron chi connectivity index (χ0n) is 13.7. The molecule has 0 saturated carbocycles. The predicted octanol–water partition coefficient (Wildman–Crippen LogP) is 2.50. The SMILES string of the molecule is Cc1nc(CN2CCCN(c3ccc4nccnc4n3)CC2)cs1. The molecule has 0 amide bonds. The van der Waals surface area contributed by atoms with E-state index in [1.165, 1.54) is 5.69 Å². The molecule has 4 heterocycles. The number of hydrogen-bond acceptors (Lipinski definition) is 7. The van der Waals surface area contributed by atoms with E-state index in [9.17, 15) is 0 Å². The third-order valence-corrected chi connectivity index (χ3v) is 5.10. The fraction of sp³-hybridized carbons (Fsp3) is 0.412. The lowest BCUT2D eigenvalue weighted by molar-refractivity contribution is 0.282. The van der Waals surface area contributed by atoms with Gasteiger partial charge in [0, 0.05) is 50.5 Å². The van der Waals surface area contributed by atoms with Crippen LogP contribution in [0.15, 0.2) is 29.9 Å². The Hall–Kier alpha value is -2.12. The number of aryl methyl sites for hydroxylation is 1. The Morgan fingerprint density at radius 1 is 1.04 bits per heavy atom. The summed E-state index contributed by atoms with van der Waals surface area (Å²) in [7, 11) is 0. The van der Waals surface area contributed by atoms with Crippen LogP contribution in [0.4, 0.5) is 5.82 Å². The maximum absolute atomic E-state index is 4.68. The highest BCUT2D eigenvalue weighted by atomic mass is 32.1. The summed E-state index contributed by atoms with van der Waals surface area (Å²) in [5.74, 6) is 0.995. The van der Waals surface area contributed by atoms with Gasteiger partial charge < -0.3 is 4.90 Å². The molecule has 24 heavy (non-hydrogen) atoms. The van der Waals surface area contributed by atoms with Crippen molar-refractivity contribution in [3.05, 3.63) is 40.6 Å². The summed E-state index contributed by atoms with van der Waals surface area (Å²) >= 11 is 1.73. The van der Waals surface area contributed by atoms with Crippen LogP contribution in [0.25, 0.3) is 11.2 Å². The van der Waals surface area contributed by atoms with Crippen molar-refractivity contribution in [3.63, 3.8) is 0 Å². The van der Waals surface area contributed by atoms with Crippen LogP contribution in [0.5, 0.6) is 0 Å². The Labute approximate surface area is 145 Å². The van der Waals surface area contributed by atoms with Gasteiger partial charge in [-0.15, -0.1) is 11.3 Å². The monoisotopic (exact) mass is 340 g/mol. The molecule has 3 aromatic heterocycles. The van der Waals surface area contributed by atoms with E-state index in [4.69, 9.17) is 0 Å². The van der Waals surface area contributed by atoms with Crippen molar-refractivity contribution in [3.8, 4) is 0 Å². The molecular weight excluding hydrogens is 320 g/mol. The Balaban J connectivity index is 1.45. The molecule has 0 aliphatic carbocycles. The van der Waals surface area contributed by atoms with Gasteiger partial charge in [-0.1, -0.05) is 0 Å². The summed E-state index contributed by atoms with van der Waals surface area (Å²) in [6.07, 6.45) is 4.52. The van der Waals surface area contributed by atoms with Crippen LogP contribution in [0.2, 0.25) is 0 Å². The maximum Gasteiger partial charge on any atom is 0.180 e. The van der Waals surface area contributed by atoms with Crippen LogP contribution >= 0.6 is 11.3 Å². The van der Waals surface area contributed by atoms with Crippen molar-refractivity contribution in [2.75, 3.05) is 31.1 Å². The van der Waals surface area contributed by atoms with Gasteiger partial charge in [0.25, 0.3) is 0 Å². The first-order chi connectivity index (χ1) is 11.8. The smallest absolute Gasteiger partial charge is 0.180 e. The number of aromatic nitrogens is 4. The van der Waals surface area contributed by atoms with E-state index >= 15 is 0 Å². The number of nitrogens with zero attached hydrogens (tertiary/aromatic N) is 6. The number of fused-ring (bicyclic) bond motifs is 1. The minimum Gasteiger partial charge on any atom is -0.355 e. The molecule has 0 radical (unpaired) electrons. The van der Waals surface area contributed by atoms with E-state index in [0.717, 1.165) is 55.5 Å². The summed E-state index contributed by atoms with van der Waals surface area (Å²) < 4.78 is 0. The van der Waals surface area contributed by atoms with Gasteiger partial charge in [0.2, 0.25) is 0 Å². The standard InChI is InChI=1S/C17H20N6S/c1-13-20-14(12-24-13)11-22-7-2-8-23(10-9-22)16-4-3-15-17(21-16)19-6-5-18-15/h3-6,12H,2,7-11H2,1H3. The molecule has 1 aliphatic rings. The Kier molecular flexibility index (Phi) is 4.36. The lowest BCUT2D eigenvalue weighted by atomic mass is 10.3. The number of thiazole rings is 1. The average molecular weight is 340 g/mol. The van der Waals surface area contributed by atoms with Crippen LogP contribution in [0.3, 0.4) is 0 Å². The third kappa shape index (κ3) is 3.37. The van der Waals surface area contributed by atoms with Gasteiger partial charge in [-0.2, -0.15) is 0 Å². The first-order valence-corrected chi connectivity index (χ1v) is 9.12. The number of anilines is 1. The molecule has 4 rings (SSSR count). The third-order valence-electron chi connectivity index (χ3n) is 4.28. The van der Waals surface area contributed by atoms with Gasteiger partial charge in [-0.05, 0) is 25.5 Å². The molecule has 1 aliphatic heterocycles. The number of rotatable bonds is 3. The summed E-state index contributed by atoms with van der Waals surface area (Å²) in [4.78, 5) is 22.7. The molecular formula is C17H20N6S. The van der Waals surface area contributed by atoms with Crippen molar-refractivity contribution >= 4 is 28.3 Å². The summed E-state index contributed by atoms with van der Waals surface area (Å²) in [6, 6.07) is 4.06. The quantitative estimate of drug-likeness (QED) is 0.730. The lowest BCUT2D eigenvalue weighted by Gasteiger charge is -2.22. The number of pyridine rings is 1. The van der Waals surface area contributed by atoms with Gasteiger partial charge in [-0.25, -0.2) is 15.0 Å². The summed E-state index contributed by atoms with van der Waals surface area (Å²) in [6.45, 7) is 7.12. The molecule has 0 bridgehead atoms. The van der Waals surface area contributed by atoms with E-state index in [1.807, 2.05) is 6.07 Å². The van der Waals surface area contributed by atoms with E-state index in [-0.39, 0.29) is 0 Å². The van der Waals surface area contributed by atoms with Crippen LogP contribution in [0, 0.1) is 6.92 Å². The fourth-order valence-corrected chi connectivity index (χ4v) is 3.69. The molecule has 0 atom stereocenters. The molecule has 0 N–H and O–H groups in total. The van der Waals surface area contributed by atoms with Crippen LogP contribution in [-0.2, 0) is 6.54 Å². The van der Waals surface area contributed by atoms with Crippen molar-refractivity contribution in [2.24, 2.45) is 0 Å². The second kappa shape index (κ2) is 6.78. The van der Waals surface area contributed by atoms with Crippen LogP contribution < -0.4 is 4.90 Å². The molecule has 1 fully saturated rings. The van der Waals surface area contributed by atoms with Gasteiger partial charge in [0.1, 0.15) is 11.3 Å². The van der Waals surface area contributed by atoms with Gasteiger partial charge in [-0.3, -0.25) is 9.88 Å². The molecule has 6 nitrogen and oxygen atoms in total. The molecule has 0 spiro atoms. The molecule has 124 valence electrons. The molecule has 3 aromatic rings. The van der Waals surface area contributed by atoms with Crippen molar-refractivity contribution in [2.45, 2.75) is 19.9 Å². The largest absolute Gasteiger partial charge is 0.355 e. The topological polar surface area (TPSA) is 58.0 Å². The van der Waals surface area contributed by atoms with Gasteiger partial charge >= 0.3 is 0 Å². The van der Waals surface area contributed by atoms with E-state index in [1.54, 1.807) is 23.7 Å². The fourth-order valence-electron chi connectivity index (χ4n) is 3.09. The van der Waals surface area contributed by atoms with E-state index in [2.05, 4.69) is 48.1 Å². The second-order valence-electron chi connectivity index (χ2n) is 6.04. The van der Waals surface area contributed by atoms with E-state index < -0.39 is 0 Å². The highest BCUT2D eigenvalue weighted by Crippen LogP contribution is 2.18. The molecule has 7 heteroatoms. The summed E-state index contributed by atoms with van der Waals surface area (Å²) in [5, 5.41) is 3.31. The van der Waals surface area contributed by atoms with Crippen molar-refractivity contribution in [1.29, 1.82) is 0 Å². The van der Waals surface area contributed by atoms with Crippen molar-refractivity contribution in [1.82, 2.24) is 24.8 Å². The first kappa shape index (κ1) is 15.4. The molecule has 0 aromatic carbocycles. The molecule has 0 unspecified atom stereocenters. The van der Waals surface area contributed by atoms with Crippen LogP contribution in [-0.4, -0.2) is 51.0 Å². The molecule has 1 saturated heterocycles. The average Bonchev–Trinajstić information content (AvgIpc) is 2.87. The minimum absolute atomic E-state index is 0.717. The minimum atomic E-state index is 0.717.